The van der Waals surface area contributed by atoms with Gasteiger partial charge in [0.15, 0.2) is 0 Å². The van der Waals surface area contributed by atoms with Crippen molar-refractivity contribution in [3.05, 3.63) is 22.3 Å². The molecule has 0 bridgehead atoms. The van der Waals surface area contributed by atoms with Crippen molar-refractivity contribution >= 4 is 0 Å². The molecular weight excluding hydrogens is 216 g/mol. The molecule has 2 aliphatic heterocycles. The maximum absolute atomic E-state index is 9.28. The highest BCUT2D eigenvalue weighted by atomic mass is 16.5. The molecule has 3 rings (SSSR count). The molecule has 0 radical (unpaired) electrons. The van der Waals surface area contributed by atoms with E-state index in [0.29, 0.717) is 18.8 Å². The van der Waals surface area contributed by atoms with Gasteiger partial charge in [-0.05, 0) is 6.92 Å². The summed E-state index contributed by atoms with van der Waals surface area (Å²) in [7, 11) is 0. The monoisotopic (exact) mass is 230 g/mol. The molecule has 1 aromatic carbocycles. The molecule has 88 valence electrons. The second-order valence-electron chi connectivity index (χ2n) is 4.50. The summed E-state index contributed by atoms with van der Waals surface area (Å²) in [4.78, 5) is 0. The Kier molecular flexibility index (Phi) is 2.23. The average molecular weight is 230 g/mol. The van der Waals surface area contributed by atoms with Crippen molar-refractivity contribution in [2.75, 3.05) is 13.2 Å². The number of rotatable bonds is 1. The average Bonchev–Trinajstić information content (AvgIpc) is 2.92. The van der Waals surface area contributed by atoms with Gasteiger partial charge in [-0.3, -0.25) is 0 Å². The van der Waals surface area contributed by atoms with Crippen LogP contribution in [0.2, 0.25) is 0 Å². The topological polar surface area (TPSA) is 68.3 Å². The molecule has 0 fully saturated rings. The Balaban J connectivity index is 2.35. The SMILES string of the molecule is CC(N)c1c2c(c(C#N)c3c1OCC3)OCC2. The van der Waals surface area contributed by atoms with Gasteiger partial charge in [0.05, 0.1) is 13.2 Å². The second kappa shape index (κ2) is 3.64. The molecule has 17 heavy (non-hydrogen) atoms. The Morgan fingerprint density at radius 3 is 2.47 bits per heavy atom. The van der Waals surface area contributed by atoms with Crippen molar-refractivity contribution in [1.29, 1.82) is 5.26 Å². The van der Waals surface area contributed by atoms with E-state index in [1.165, 1.54) is 0 Å². The first kappa shape index (κ1) is 10.4. The summed E-state index contributed by atoms with van der Waals surface area (Å²) in [6, 6.07) is 2.16. The number of nitrogens with zero attached hydrogens (tertiary/aromatic N) is 1. The van der Waals surface area contributed by atoms with Crippen LogP contribution in [-0.2, 0) is 12.8 Å². The molecule has 0 spiro atoms. The van der Waals surface area contributed by atoms with Crippen molar-refractivity contribution in [1.82, 2.24) is 0 Å². The Morgan fingerprint density at radius 2 is 1.82 bits per heavy atom. The number of nitriles is 1. The lowest BCUT2D eigenvalue weighted by Gasteiger charge is -2.16. The summed E-state index contributed by atoms with van der Waals surface area (Å²) in [5.74, 6) is 1.57. The lowest BCUT2D eigenvalue weighted by molar-refractivity contribution is 0.351. The van der Waals surface area contributed by atoms with Gasteiger partial charge in [0.25, 0.3) is 0 Å². The fourth-order valence-electron chi connectivity index (χ4n) is 2.74. The maximum atomic E-state index is 9.28. The Bertz CT molecular complexity index is 494. The first-order valence-corrected chi connectivity index (χ1v) is 5.87. The molecule has 2 heterocycles. The van der Waals surface area contributed by atoms with Crippen LogP contribution >= 0.6 is 0 Å². The Hall–Kier alpha value is -1.73. The molecule has 2 N–H and O–H groups in total. The van der Waals surface area contributed by atoms with Crippen LogP contribution in [0.15, 0.2) is 0 Å². The maximum Gasteiger partial charge on any atom is 0.141 e. The van der Waals surface area contributed by atoms with E-state index in [1.807, 2.05) is 6.92 Å². The highest BCUT2D eigenvalue weighted by Gasteiger charge is 2.32. The van der Waals surface area contributed by atoms with Gasteiger partial charge in [-0.1, -0.05) is 0 Å². The van der Waals surface area contributed by atoms with Crippen molar-refractivity contribution in [3.8, 4) is 17.6 Å². The van der Waals surface area contributed by atoms with E-state index in [4.69, 9.17) is 15.2 Å². The third kappa shape index (κ3) is 1.32. The molecular formula is C13H14N2O2. The van der Waals surface area contributed by atoms with E-state index in [2.05, 4.69) is 6.07 Å². The number of benzene rings is 1. The lowest BCUT2D eigenvalue weighted by atomic mass is 9.92. The van der Waals surface area contributed by atoms with E-state index in [-0.39, 0.29) is 6.04 Å². The van der Waals surface area contributed by atoms with E-state index in [9.17, 15) is 5.26 Å². The molecule has 0 amide bonds. The predicted octanol–water partition coefficient (Wildman–Crippen LogP) is 1.45. The molecule has 0 saturated carbocycles. The van der Waals surface area contributed by atoms with Crippen molar-refractivity contribution in [2.24, 2.45) is 5.73 Å². The zero-order valence-electron chi connectivity index (χ0n) is 9.75. The van der Waals surface area contributed by atoms with Crippen molar-refractivity contribution in [2.45, 2.75) is 25.8 Å². The summed E-state index contributed by atoms with van der Waals surface area (Å²) in [5, 5.41) is 9.28. The quantitative estimate of drug-likeness (QED) is 0.792. The first-order chi connectivity index (χ1) is 8.24. The van der Waals surface area contributed by atoms with Crippen LogP contribution in [0, 0.1) is 11.3 Å². The predicted molar refractivity (Wildman–Crippen MR) is 62.2 cm³/mol. The molecule has 1 atom stereocenters. The van der Waals surface area contributed by atoms with Crippen LogP contribution in [-0.4, -0.2) is 13.2 Å². The van der Waals surface area contributed by atoms with E-state index in [1.54, 1.807) is 0 Å². The summed E-state index contributed by atoms with van der Waals surface area (Å²) in [5.41, 5.74) is 9.75. The smallest absolute Gasteiger partial charge is 0.141 e. The number of nitrogens with two attached hydrogens (primary N) is 1. The molecule has 2 aliphatic rings. The minimum atomic E-state index is -0.0926. The number of fused-ring (bicyclic) bond motifs is 2. The number of hydrogen-bond acceptors (Lipinski definition) is 4. The van der Waals surface area contributed by atoms with Crippen molar-refractivity contribution in [3.63, 3.8) is 0 Å². The van der Waals surface area contributed by atoms with Crippen LogP contribution in [0.3, 0.4) is 0 Å². The third-order valence-electron chi connectivity index (χ3n) is 3.41. The zero-order chi connectivity index (χ0) is 12.0. The Labute approximate surface area is 99.9 Å². The first-order valence-electron chi connectivity index (χ1n) is 5.87. The molecule has 0 aliphatic carbocycles. The van der Waals surface area contributed by atoms with Crippen molar-refractivity contribution < 1.29 is 9.47 Å². The molecule has 1 aromatic rings. The van der Waals surface area contributed by atoms with Crippen LogP contribution < -0.4 is 15.2 Å². The fraction of sp³-hybridized carbons (Fsp3) is 0.462. The van der Waals surface area contributed by atoms with Gasteiger partial charge in [-0.2, -0.15) is 5.26 Å². The van der Waals surface area contributed by atoms with Crippen LogP contribution in [0.25, 0.3) is 0 Å². The van der Waals surface area contributed by atoms with Crippen LogP contribution in [0.4, 0.5) is 0 Å². The van der Waals surface area contributed by atoms with Gasteiger partial charge in [-0.25, -0.2) is 0 Å². The largest absolute Gasteiger partial charge is 0.493 e. The molecule has 1 unspecified atom stereocenters. The summed E-state index contributed by atoms with van der Waals surface area (Å²) in [6.07, 6.45) is 1.59. The van der Waals surface area contributed by atoms with Gasteiger partial charge < -0.3 is 15.2 Å². The molecule has 0 saturated heterocycles. The molecule has 4 nitrogen and oxygen atoms in total. The van der Waals surface area contributed by atoms with Gasteiger partial charge in [0.2, 0.25) is 0 Å². The highest BCUT2D eigenvalue weighted by Crippen LogP contribution is 2.45. The van der Waals surface area contributed by atoms with Crippen LogP contribution in [0.1, 0.15) is 35.2 Å². The van der Waals surface area contributed by atoms with Gasteiger partial charge >= 0.3 is 0 Å². The second-order valence-corrected chi connectivity index (χ2v) is 4.50. The third-order valence-corrected chi connectivity index (χ3v) is 3.41. The minimum absolute atomic E-state index is 0.0926. The Morgan fingerprint density at radius 1 is 1.18 bits per heavy atom. The van der Waals surface area contributed by atoms with E-state index in [0.717, 1.165) is 41.0 Å². The summed E-state index contributed by atoms with van der Waals surface area (Å²) >= 11 is 0. The zero-order valence-corrected chi connectivity index (χ0v) is 9.75. The van der Waals surface area contributed by atoms with Gasteiger partial charge in [-0.15, -0.1) is 0 Å². The standard InChI is InChI=1S/C13H14N2O2/c1-7(15)11-9-3-5-16-12(9)10(6-14)8-2-4-17-13(8)11/h7H,2-5,15H2,1H3. The van der Waals surface area contributed by atoms with Gasteiger partial charge in [0.1, 0.15) is 23.1 Å². The number of ether oxygens (including phenoxy) is 2. The van der Waals surface area contributed by atoms with Crippen LogP contribution in [0.5, 0.6) is 11.5 Å². The van der Waals surface area contributed by atoms with E-state index >= 15 is 0 Å². The summed E-state index contributed by atoms with van der Waals surface area (Å²) in [6.45, 7) is 3.21. The summed E-state index contributed by atoms with van der Waals surface area (Å²) < 4.78 is 11.3. The highest BCUT2D eigenvalue weighted by molar-refractivity contribution is 5.66. The minimum Gasteiger partial charge on any atom is -0.493 e. The molecule has 4 heteroatoms. The molecule has 0 aromatic heterocycles. The van der Waals surface area contributed by atoms with Gasteiger partial charge in [0, 0.05) is 35.6 Å². The number of hydrogen-bond donors (Lipinski definition) is 1. The van der Waals surface area contributed by atoms with E-state index < -0.39 is 0 Å². The lowest BCUT2D eigenvalue weighted by Crippen LogP contribution is -2.10. The normalized spacial score (nSPS) is 17.7. The fourth-order valence-corrected chi connectivity index (χ4v) is 2.74.